The summed E-state index contributed by atoms with van der Waals surface area (Å²) >= 11 is 0. The topological polar surface area (TPSA) is 52.7 Å². The molecule has 0 aromatic heterocycles. The van der Waals surface area contributed by atoms with Crippen LogP contribution in [0.15, 0.2) is 0 Å². The molecule has 5 nitrogen and oxygen atoms in total. The minimum absolute atomic E-state index is 0.444. The smallest absolute Gasteiger partial charge is 0.281 e. The second-order valence-electron chi connectivity index (χ2n) is 4.52. The zero-order chi connectivity index (χ0) is 12.9. The fourth-order valence-electron chi connectivity index (χ4n) is 2.40. The lowest BCUT2D eigenvalue weighted by Gasteiger charge is -2.34. The molecule has 1 fully saturated rings. The molecule has 1 heterocycles. The summed E-state index contributed by atoms with van der Waals surface area (Å²) in [5.41, 5.74) is 0. The van der Waals surface area contributed by atoms with E-state index in [9.17, 15) is 8.42 Å². The highest BCUT2D eigenvalue weighted by Crippen LogP contribution is 2.20. The summed E-state index contributed by atoms with van der Waals surface area (Å²) in [6.45, 7) is 7.08. The molecule has 0 aromatic carbocycles. The summed E-state index contributed by atoms with van der Waals surface area (Å²) in [5, 5.41) is 3.13. The van der Waals surface area contributed by atoms with Crippen LogP contribution in [0, 0.1) is 5.92 Å². The lowest BCUT2D eigenvalue weighted by Crippen LogP contribution is -2.49. The standard InChI is InChI=1S/C11H25N3O2S/c1-4-13(5-2)17(15,16)14-8-6-7-11(10-14)9-12-3/h11-12H,4-10H2,1-3H3. The predicted octanol–water partition coefficient (Wildman–Crippen LogP) is 0.504. The molecule has 17 heavy (non-hydrogen) atoms. The van der Waals surface area contributed by atoms with Crippen molar-refractivity contribution < 1.29 is 8.42 Å². The molecule has 1 aliphatic rings. The molecule has 0 spiro atoms. The highest BCUT2D eigenvalue weighted by molar-refractivity contribution is 7.86. The summed E-state index contributed by atoms with van der Waals surface area (Å²) in [5.74, 6) is 0.444. The first-order valence-electron chi connectivity index (χ1n) is 6.46. The van der Waals surface area contributed by atoms with E-state index in [-0.39, 0.29) is 0 Å². The molecular weight excluding hydrogens is 238 g/mol. The molecule has 0 aliphatic carbocycles. The molecule has 0 radical (unpaired) electrons. The van der Waals surface area contributed by atoms with Crippen molar-refractivity contribution >= 4 is 10.2 Å². The van der Waals surface area contributed by atoms with Gasteiger partial charge < -0.3 is 5.32 Å². The molecule has 1 aliphatic heterocycles. The highest BCUT2D eigenvalue weighted by atomic mass is 32.2. The largest absolute Gasteiger partial charge is 0.319 e. The van der Waals surface area contributed by atoms with E-state index >= 15 is 0 Å². The number of rotatable bonds is 6. The fraction of sp³-hybridized carbons (Fsp3) is 1.00. The van der Waals surface area contributed by atoms with Gasteiger partial charge in [0.15, 0.2) is 0 Å². The Morgan fingerprint density at radius 1 is 1.35 bits per heavy atom. The second-order valence-corrected chi connectivity index (χ2v) is 6.44. The van der Waals surface area contributed by atoms with Crippen LogP contribution in [0.3, 0.4) is 0 Å². The minimum Gasteiger partial charge on any atom is -0.319 e. The first kappa shape index (κ1) is 14.9. The fourth-order valence-corrected chi connectivity index (χ4v) is 4.14. The molecule has 1 saturated heterocycles. The van der Waals surface area contributed by atoms with Crippen molar-refractivity contribution in [3.63, 3.8) is 0 Å². The average molecular weight is 263 g/mol. The summed E-state index contributed by atoms with van der Waals surface area (Å²) in [6, 6.07) is 0. The van der Waals surface area contributed by atoms with E-state index in [1.165, 1.54) is 4.31 Å². The summed E-state index contributed by atoms with van der Waals surface area (Å²) in [6.07, 6.45) is 2.08. The van der Waals surface area contributed by atoms with Crippen LogP contribution in [0.1, 0.15) is 26.7 Å². The molecule has 0 saturated carbocycles. The number of nitrogens with one attached hydrogen (secondary N) is 1. The molecule has 0 aromatic rings. The molecule has 0 bridgehead atoms. The van der Waals surface area contributed by atoms with Crippen LogP contribution in [0.25, 0.3) is 0 Å². The van der Waals surface area contributed by atoms with Crippen LogP contribution in [-0.2, 0) is 10.2 Å². The Bertz CT molecular complexity index is 313. The van der Waals surface area contributed by atoms with Crippen LogP contribution in [0.2, 0.25) is 0 Å². The molecule has 1 rings (SSSR count). The van der Waals surface area contributed by atoms with E-state index in [0.29, 0.717) is 32.1 Å². The van der Waals surface area contributed by atoms with Crippen LogP contribution in [0.5, 0.6) is 0 Å². The monoisotopic (exact) mass is 263 g/mol. The first-order chi connectivity index (χ1) is 8.06. The van der Waals surface area contributed by atoms with E-state index in [2.05, 4.69) is 5.32 Å². The van der Waals surface area contributed by atoms with Gasteiger partial charge in [-0.1, -0.05) is 13.8 Å². The van der Waals surface area contributed by atoms with Gasteiger partial charge in [0.25, 0.3) is 10.2 Å². The van der Waals surface area contributed by atoms with Crippen molar-refractivity contribution in [3.05, 3.63) is 0 Å². The SMILES string of the molecule is CCN(CC)S(=O)(=O)N1CCCC(CNC)C1. The lowest BCUT2D eigenvalue weighted by atomic mass is 10.00. The zero-order valence-corrected chi connectivity index (χ0v) is 12.0. The van der Waals surface area contributed by atoms with Gasteiger partial charge in [0.1, 0.15) is 0 Å². The van der Waals surface area contributed by atoms with Gasteiger partial charge in [0.05, 0.1) is 0 Å². The zero-order valence-electron chi connectivity index (χ0n) is 11.1. The molecule has 0 amide bonds. The van der Waals surface area contributed by atoms with Crippen LogP contribution < -0.4 is 5.32 Å². The maximum absolute atomic E-state index is 12.3. The number of piperidine rings is 1. The predicted molar refractivity (Wildman–Crippen MR) is 70.1 cm³/mol. The van der Waals surface area contributed by atoms with E-state index < -0.39 is 10.2 Å². The van der Waals surface area contributed by atoms with E-state index in [1.807, 2.05) is 20.9 Å². The van der Waals surface area contributed by atoms with Crippen molar-refractivity contribution in [2.75, 3.05) is 39.8 Å². The van der Waals surface area contributed by atoms with Gasteiger partial charge in [-0.3, -0.25) is 0 Å². The van der Waals surface area contributed by atoms with E-state index in [4.69, 9.17) is 0 Å². The average Bonchev–Trinajstić information content (AvgIpc) is 2.31. The quantitative estimate of drug-likeness (QED) is 0.759. The molecular formula is C11H25N3O2S. The summed E-state index contributed by atoms with van der Waals surface area (Å²) in [7, 11) is -1.32. The van der Waals surface area contributed by atoms with Gasteiger partial charge in [-0.2, -0.15) is 17.0 Å². The van der Waals surface area contributed by atoms with Crippen molar-refractivity contribution in [1.82, 2.24) is 13.9 Å². The normalized spacial score (nSPS) is 23.2. The minimum atomic E-state index is -3.24. The van der Waals surface area contributed by atoms with Gasteiger partial charge in [0, 0.05) is 26.2 Å². The van der Waals surface area contributed by atoms with Crippen LogP contribution in [-0.4, -0.2) is 56.8 Å². The third kappa shape index (κ3) is 3.64. The number of hydrogen-bond acceptors (Lipinski definition) is 3. The Labute approximate surface area is 105 Å². The molecule has 1 N–H and O–H groups in total. The lowest BCUT2D eigenvalue weighted by molar-refractivity contribution is 0.246. The third-order valence-electron chi connectivity index (χ3n) is 3.33. The van der Waals surface area contributed by atoms with Gasteiger partial charge in [0.2, 0.25) is 0 Å². The molecule has 1 unspecified atom stereocenters. The van der Waals surface area contributed by atoms with Crippen molar-refractivity contribution in [2.24, 2.45) is 5.92 Å². The maximum atomic E-state index is 12.3. The van der Waals surface area contributed by atoms with Gasteiger partial charge >= 0.3 is 0 Å². The van der Waals surface area contributed by atoms with Crippen molar-refractivity contribution in [1.29, 1.82) is 0 Å². The summed E-state index contributed by atoms with van der Waals surface area (Å²) in [4.78, 5) is 0. The van der Waals surface area contributed by atoms with E-state index in [1.54, 1.807) is 4.31 Å². The van der Waals surface area contributed by atoms with Crippen molar-refractivity contribution in [3.8, 4) is 0 Å². The Morgan fingerprint density at radius 2 is 2.00 bits per heavy atom. The first-order valence-corrected chi connectivity index (χ1v) is 7.85. The highest BCUT2D eigenvalue weighted by Gasteiger charge is 2.31. The second kappa shape index (κ2) is 6.68. The molecule has 1 atom stereocenters. The van der Waals surface area contributed by atoms with Crippen LogP contribution >= 0.6 is 0 Å². The van der Waals surface area contributed by atoms with E-state index in [0.717, 1.165) is 19.4 Å². The Balaban J connectivity index is 2.70. The number of hydrogen-bond donors (Lipinski definition) is 1. The number of nitrogens with zero attached hydrogens (tertiary/aromatic N) is 2. The van der Waals surface area contributed by atoms with Crippen LogP contribution in [0.4, 0.5) is 0 Å². The Morgan fingerprint density at radius 3 is 2.53 bits per heavy atom. The maximum Gasteiger partial charge on any atom is 0.281 e. The van der Waals surface area contributed by atoms with Gasteiger partial charge in [-0.05, 0) is 32.4 Å². The van der Waals surface area contributed by atoms with Gasteiger partial charge in [-0.15, -0.1) is 0 Å². The third-order valence-corrected chi connectivity index (χ3v) is 5.49. The Hall–Kier alpha value is -0.170. The Kier molecular flexibility index (Phi) is 5.85. The molecule has 102 valence electrons. The van der Waals surface area contributed by atoms with Crippen molar-refractivity contribution in [2.45, 2.75) is 26.7 Å². The molecule has 6 heteroatoms. The van der Waals surface area contributed by atoms with Gasteiger partial charge in [-0.25, -0.2) is 0 Å². The summed E-state index contributed by atoms with van der Waals surface area (Å²) < 4.78 is 27.8.